The zero-order valence-corrected chi connectivity index (χ0v) is 18.8. The maximum absolute atomic E-state index is 13.4. The molecule has 1 amide bonds. The van der Waals surface area contributed by atoms with E-state index in [0.717, 1.165) is 37.9 Å². The molecule has 0 bridgehead atoms. The first-order valence-corrected chi connectivity index (χ1v) is 11.7. The van der Waals surface area contributed by atoms with Crippen LogP contribution in [0, 0.1) is 0 Å². The van der Waals surface area contributed by atoms with Gasteiger partial charge in [0, 0.05) is 25.0 Å². The second-order valence-corrected chi connectivity index (χ2v) is 8.95. The Kier molecular flexibility index (Phi) is 6.44. The molecule has 2 aliphatic rings. The van der Waals surface area contributed by atoms with Crippen molar-refractivity contribution < 1.29 is 9.53 Å². The van der Waals surface area contributed by atoms with Crippen LogP contribution in [0.5, 0.6) is 5.75 Å². The van der Waals surface area contributed by atoms with Crippen molar-refractivity contribution in [2.24, 2.45) is 0 Å². The van der Waals surface area contributed by atoms with E-state index in [2.05, 4.69) is 36.2 Å². The molecule has 0 saturated heterocycles. The molecule has 1 fully saturated rings. The highest BCUT2D eigenvalue weighted by molar-refractivity contribution is 5.96. The van der Waals surface area contributed by atoms with Gasteiger partial charge >= 0.3 is 5.56 Å². The molecule has 1 aliphatic carbocycles. The van der Waals surface area contributed by atoms with Crippen LogP contribution >= 0.6 is 0 Å². The number of carbonyl (C=O) groups excluding carboxylic acids is 1. The zero-order valence-electron chi connectivity index (χ0n) is 18.8. The van der Waals surface area contributed by atoms with Gasteiger partial charge in [0.15, 0.2) is 5.69 Å². The molecule has 1 aromatic heterocycles. The normalized spacial score (nSPS) is 20.9. The lowest BCUT2D eigenvalue weighted by atomic mass is 9.88. The number of amides is 1. The Morgan fingerprint density at radius 2 is 1.84 bits per heavy atom. The Bertz CT molecular complexity index is 983. The summed E-state index contributed by atoms with van der Waals surface area (Å²) in [5.74, 6) is 1.21. The minimum atomic E-state index is -0.407. The largest absolute Gasteiger partial charge is 0.486 e. The molecular formula is C25H33N3O3. The SMILES string of the molecule is CCCCOc1c2n(c([C@@H]3CCC[C@@H]3c3ccccc3)nc1=O)CCN(C(C)C)C2=O. The lowest BCUT2D eigenvalue weighted by Crippen LogP contribution is -2.47. The molecule has 0 radical (unpaired) electrons. The Balaban J connectivity index is 1.80. The third kappa shape index (κ3) is 4.12. The predicted molar refractivity (Wildman–Crippen MR) is 121 cm³/mol. The van der Waals surface area contributed by atoms with Crippen molar-refractivity contribution in [3.8, 4) is 5.75 Å². The van der Waals surface area contributed by atoms with Crippen LogP contribution in [0.25, 0.3) is 0 Å². The summed E-state index contributed by atoms with van der Waals surface area (Å²) in [5, 5.41) is 0. The van der Waals surface area contributed by atoms with Gasteiger partial charge in [0.05, 0.1) is 6.61 Å². The van der Waals surface area contributed by atoms with E-state index >= 15 is 0 Å². The molecular weight excluding hydrogens is 390 g/mol. The van der Waals surface area contributed by atoms with Gasteiger partial charge in [-0.1, -0.05) is 50.1 Å². The van der Waals surface area contributed by atoms with Crippen LogP contribution < -0.4 is 10.3 Å². The molecule has 6 heteroatoms. The molecule has 6 nitrogen and oxygen atoms in total. The van der Waals surface area contributed by atoms with E-state index < -0.39 is 5.56 Å². The summed E-state index contributed by atoms with van der Waals surface area (Å²) in [6.07, 6.45) is 4.93. The van der Waals surface area contributed by atoms with Crippen LogP contribution in [0.1, 0.15) is 86.6 Å². The van der Waals surface area contributed by atoms with Crippen LogP contribution in [0.15, 0.2) is 35.1 Å². The van der Waals surface area contributed by atoms with Crippen LogP contribution in [-0.2, 0) is 6.54 Å². The molecule has 1 saturated carbocycles. The number of nitrogens with zero attached hydrogens (tertiary/aromatic N) is 3. The number of rotatable bonds is 7. The smallest absolute Gasteiger partial charge is 0.316 e. The molecule has 0 unspecified atom stereocenters. The number of carbonyl (C=O) groups is 1. The van der Waals surface area contributed by atoms with Crippen LogP contribution in [-0.4, -0.2) is 39.6 Å². The summed E-state index contributed by atoms with van der Waals surface area (Å²) in [6.45, 7) is 7.77. The topological polar surface area (TPSA) is 64.4 Å². The first-order chi connectivity index (χ1) is 15.0. The Labute approximate surface area is 184 Å². The number of hydrogen-bond acceptors (Lipinski definition) is 4. The fourth-order valence-electron chi connectivity index (χ4n) is 5.03. The summed E-state index contributed by atoms with van der Waals surface area (Å²) in [7, 11) is 0. The van der Waals surface area contributed by atoms with Gasteiger partial charge in [-0.25, -0.2) is 0 Å². The molecule has 2 atom stereocenters. The van der Waals surface area contributed by atoms with Gasteiger partial charge in [0.1, 0.15) is 5.82 Å². The van der Waals surface area contributed by atoms with Crippen molar-refractivity contribution in [2.45, 2.75) is 77.3 Å². The second-order valence-electron chi connectivity index (χ2n) is 8.95. The van der Waals surface area contributed by atoms with Gasteiger partial charge in [-0.3, -0.25) is 9.59 Å². The van der Waals surface area contributed by atoms with Gasteiger partial charge in [-0.15, -0.1) is 0 Å². The summed E-state index contributed by atoms with van der Waals surface area (Å²) in [6, 6.07) is 10.5. The van der Waals surface area contributed by atoms with E-state index in [0.29, 0.717) is 31.3 Å². The van der Waals surface area contributed by atoms with Gasteiger partial charge in [-0.2, -0.15) is 4.98 Å². The lowest BCUT2D eigenvalue weighted by Gasteiger charge is -2.35. The number of benzene rings is 1. The molecule has 0 N–H and O–H groups in total. The third-order valence-corrected chi connectivity index (χ3v) is 6.64. The molecule has 0 spiro atoms. The average Bonchev–Trinajstić information content (AvgIpc) is 3.25. The predicted octanol–water partition coefficient (Wildman–Crippen LogP) is 4.34. The fraction of sp³-hybridized carbons (Fsp3) is 0.560. The van der Waals surface area contributed by atoms with Crippen molar-refractivity contribution in [2.75, 3.05) is 13.2 Å². The zero-order chi connectivity index (χ0) is 22.0. The highest BCUT2D eigenvalue weighted by atomic mass is 16.5. The van der Waals surface area contributed by atoms with E-state index in [9.17, 15) is 9.59 Å². The van der Waals surface area contributed by atoms with Gasteiger partial charge < -0.3 is 14.2 Å². The quantitative estimate of drug-likeness (QED) is 0.622. The minimum absolute atomic E-state index is 0.0695. The van der Waals surface area contributed by atoms with E-state index in [-0.39, 0.29) is 23.6 Å². The summed E-state index contributed by atoms with van der Waals surface area (Å²) < 4.78 is 7.86. The Morgan fingerprint density at radius 1 is 1.10 bits per heavy atom. The molecule has 166 valence electrons. The summed E-state index contributed by atoms with van der Waals surface area (Å²) in [5.41, 5.74) is 1.27. The average molecular weight is 424 g/mol. The van der Waals surface area contributed by atoms with E-state index in [1.54, 1.807) is 0 Å². The van der Waals surface area contributed by atoms with Crippen molar-refractivity contribution >= 4 is 5.91 Å². The maximum Gasteiger partial charge on any atom is 0.316 e. The molecule has 2 aromatic rings. The second kappa shape index (κ2) is 9.25. The molecule has 1 aliphatic heterocycles. The van der Waals surface area contributed by atoms with E-state index in [1.807, 2.05) is 29.4 Å². The van der Waals surface area contributed by atoms with Crippen LogP contribution in [0.3, 0.4) is 0 Å². The molecule has 2 heterocycles. The minimum Gasteiger partial charge on any atom is -0.486 e. The van der Waals surface area contributed by atoms with Gasteiger partial charge in [0.2, 0.25) is 5.75 Å². The maximum atomic E-state index is 13.4. The number of ether oxygens (including phenoxy) is 1. The molecule has 1 aromatic carbocycles. The summed E-state index contributed by atoms with van der Waals surface area (Å²) in [4.78, 5) is 32.9. The first-order valence-electron chi connectivity index (χ1n) is 11.7. The van der Waals surface area contributed by atoms with E-state index in [1.165, 1.54) is 5.56 Å². The van der Waals surface area contributed by atoms with Gasteiger partial charge in [-0.05, 0) is 44.6 Å². The van der Waals surface area contributed by atoms with E-state index in [4.69, 9.17) is 4.74 Å². The number of hydrogen-bond donors (Lipinski definition) is 0. The standard InChI is InChI=1S/C25H33N3O3/c1-4-5-16-31-22-21-25(30)27(17(2)3)14-15-28(21)23(26-24(22)29)20-13-9-12-19(20)18-10-7-6-8-11-18/h6-8,10-11,17,19-20H,4-5,9,12-16H2,1-3H3/t19-,20-/m1/s1. The monoisotopic (exact) mass is 423 g/mol. The number of fused-ring (bicyclic) bond motifs is 1. The number of unbranched alkanes of at least 4 members (excludes halogenated alkanes) is 1. The van der Waals surface area contributed by atoms with Crippen molar-refractivity contribution in [3.05, 3.63) is 57.8 Å². The highest BCUT2D eigenvalue weighted by Gasteiger charge is 2.38. The van der Waals surface area contributed by atoms with Crippen molar-refractivity contribution in [1.29, 1.82) is 0 Å². The van der Waals surface area contributed by atoms with Crippen molar-refractivity contribution in [1.82, 2.24) is 14.5 Å². The third-order valence-electron chi connectivity index (χ3n) is 6.64. The van der Waals surface area contributed by atoms with Crippen molar-refractivity contribution in [3.63, 3.8) is 0 Å². The van der Waals surface area contributed by atoms with Gasteiger partial charge in [0.25, 0.3) is 5.91 Å². The van der Waals surface area contributed by atoms with Crippen LogP contribution in [0.4, 0.5) is 0 Å². The number of aromatic nitrogens is 2. The summed E-state index contributed by atoms with van der Waals surface area (Å²) >= 11 is 0. The lowest BCUT2D eigenvalue weighted by molar-refractivity contribution is 0.0634. The Morgan fingerprint density at radius 3 is 2.55 bits per heavy atom. The fourth-order valence-corrected chi connectivity index (χ4v) is 5.03. The van der Waals surface area contributed by atoms with Crippen LogP contribution in [0.2, 0.25) is 0 Å². The highest BCUT2D eigenvalue weighted by Crippen LogP contribution is 2.45. The molecule has 4 rings (SSSR count). The first kappa shape index (κ1) is 21.6. The molecule has 31 heavy (non-hydrogen) atoms. The Hall–Kier alpha value is -2.63.